The molecule has 1 atom stereocenters. The van der Waals surface area contributed by atoms with Gasteiger partial charge in [-0.1, -0.05) is 23.9 Å². The molecule has 0 aliphatic carbocycles. The number of carbonyl (C=O) groups excluding carboxylic acids is 2. The van der Waals surface area contributed by atoms with Gasteiger partial charge in [-0.05, 0) is 57.1 Å². The summed E-state index contributed by atoms with van der Waals surface area (Å²) in [5.41, 5.74) is 0.332. The van der Waals surface area contributed by atoms with Crippen molar-refractivity contribution < 1.29 is 14.3 Å². The van der Waals surface area contributed by atoms with Crippen LogP contribution in [0.2, 0.25) is 0 Å². The van der Waals surface area contributed by atoms with E-state index in [2.05, 4.69) is 5.32 Å². The van der Waals surface area contributed by atoms with Crippen molar-refractivity contribution in [1.29, 1.82) is 0 Å². The van der Waals surface area contributed by atoms with Gasteiger partial charge in [-0.25, -0.2) is 4.79 Å². The lowest BCUT2D eigenvalue weighted by Gasteiger charge is -2.29. The van der Waals surface area contributed by atoms with Crippen molar-refractivity contribution in [2.75, 3.05) is 11.9 Å². The molecule has 0 saturated carbocycles. The van der Waals surface area contributed by atoms with Gasteiger partial charge in [0.1, 0.15) is 5.60 Å². The van der Waals surface area contributed by atoms with E-state index >= 15 is 0 Å². The predicted molar refractivity (Wildman–Crippen MR) is 99.6 cm³/mol. The molecule has 2 heterocycles. The number of amides is 2. The molecule has 3 rings (SSSR count). The van der Waals surface area contributed by atoms with Gasteiger partial charge in [0.2, 0.25) is 5.91 Å². The number of nitrogens with one attached hydrogen (secondary N) is 1. The van der Waals surface area contributed by atoms with E-state index in [1.807, 2.05) is 45.0 Å². The van der Waals surface area contributed by atoms with Gasteiger partial charge in [-0.15, -0.1) is 0 Å². The maximum absolute atomic E-state index is 12.4. The van der Waals surface area contributed by atoms with Gasteiger partial charge in [0, 0.05) is 23.6 Å². The Morgan fingerprint density at radius 2 is 2.12 bits per heavy atom. The topological polar surface area (TPSA) is 58.6 Å². The zero-order chi connectivity index (χ0) is 18.0. The quantitative estimate of drug-likeness (QED) is 0.849. The highest BCUT2D eigenvalue weighted by atomic mass is 32.2. The van der Waals surface area contributed by atoms with Gasteiger partial charge in [-0.3, -0.25) is 4.79 Å². The van der Waals surface area contributed by atoms with Crippen molar-refractivity contribution in [3.8, 4) is 0 Å². The number of thioether (sulfide) groups is 1. The fraction of sp³-hybridized carbons (Fsp3) is 0.474. The second-order valence-electron chi connectivity index (χ2n) is 7.37. The maximum Gasteiger partial charge on any atom is 0.410 e. The molecule has 1 fully saturated rings. The summed E-state index contributed by atoms with van der Waals surface area (Å²) in [7, 11) is 0. The smallest absolute Gasteiger partial charge is 0.410 e. The fourth-order valence-corrected chi connectivity index (χ4v) is 4.19. The number of rotatable bonds is 2. The van der Waals surface area contributed by atoms with Crippen LogP contribution in [0.1, 0.15) is 40.0 Å². The highest BCUT2D eigenvalue weighted by Crippen LogP contribution is 2.39. The number of fused-ring (bicyclic) bond motifs is 1. The third-order valence-corrected chi connectivity index (χ3v) is 5.24. The molecule has 0 bridgehead atoms. The van der Waals surface area contributed by atoms with Gasteiger partial charge in [0.05, 0.1) is 5.69 Å². The van der Waals surface area contributed by atoms with E-state index in [0.717, 1.165) is 28.3 Å². The van der Waals surface area contributed by atoms with Crippen molar-refractivity contribution in [2.24, 2.45) is 0 Å². The molecule has 1 unspecified atom stereocenters. The van der Waals surface area contributed by atoms with Crippen LogP contribution in [0.3, 0.4) is 0 Å². The fourth-order valence-electron chi connectivity index (χ4n) is 3.09. The predicted octanol–water partition coefficient (Wildman–Crippen LogP) is 4.40. The average molecular weight is 360 g/mol. The van der Waals surface area contributed by atoms with E-state index in [-0.39, 0.29) is 18.0 Å². The minimum Gasteiger partial charge on any atom is -0.444 e. The SMILES string of the molecule is CC(C)(C)OC(=O)N1CCCC1CC1=CC(=O)Nc2ccccc2S1. The Kier molecular flexibility index (Phi) is 5.08. The minimum absolute atomic E-state index is 0.0756. The average Bonchev–Trinajstić information content (AvgIpc) is 2.88. The Labute approximate surface area is 152 Å². The number of anilines is 1. The van der Waals surface area contributed by atoms with Gasteiger partial charge < -0.3 is 15.0 Å². The van der Waals surface area contributed by atoms with Crippen LogP contribution in [0.4, 0.5) is 10.5 Å². The van der Waals surface area contributed by atoms with E-state index in [0.29, 0.717) is 13.0 Å². The van der Waals surface area contributed by atoms with Crippen molar-refractivity contribution in [3.05, 3.63) is 35.2 Å². The maximum atomic E-state index is 12.4. The molecular weight excluding hydrogens is 336 g/mol. The first-order valence-electron chi connectivity index (χ1n) is 8.60. The number of hydrogen-bond acceptors (Lipinski definition) is 4. The molecule has 25 heavy (non-hydrogen) atoms. The van der Waals surface area contributed by atoms with Crippen molar-refractivity contribution in [3.63, 3.8) is 0 Å². The van der Waals surface area contributed by atoms with Crippen molar-refractivity contribution >= 4 is 29.4 Å². The summed E-state index contributed by atoms with van der Waals surface area (Å²) in [6, 6.07) is 7.85. The lowest BCUT2D eigenvalue weighted by Crippen LogP contribution is -2.39. The van der Waals surface area contributed by atoms with Gasteiger partial charge in [0.25, 0.3) is 0 Å². The normalized spacial score (nSPS) is 20.4. The zero-order valence-corrected chi connectivity index (χ0v) is 15.7. The van der Waals surface area contributed by atoms with Gasteiger partial charge >= 0.3 is 6.09 Å². The van der Waals surface area contributed by atoms with Crippen LogP contribution in [0.15, 0.2) is 40.1 Å². The van der Waals surface area contributed by atoms with E-state index in [4.69, 9.17) is 4.74 Å². The summed E-state index contributed by atoms with van der Waals surface area (Å²) in [5.74, 6) is -0.116. The number of benzene rings is 1. The standard InChI is InChI=1S/C19H24N2O3S/c1-19(2,3)24-18(23)21-10-6-7-13(21)11-14-12-17(22)20-15-8-4-5-9-16(15)25-14/h4-5,8-9,12-13H,6-7,10-11H2,1-3H3,(H,20,22). The summed E-state index contributed by atoms with van der Waals surface area (Å²) in [6.45, 7) is 6.34. The third-order valence-electron chi connectivity index (χ3n) is 4.12. The Bertz CT molecular complexity index is 709. The van der Waals surface area contributed by atoms with E-state index in [1.165, 1.54) is 0 Å². The number of para-hydroxylation sites is 1. The summed E-state index contributed by atoms with van der Waals surface area (Å²) < 4.78 is 5.52. The van der Waals surface area contributed by atoms with Crippen LogP contribution in [-0.4, -0.2) is 35.1 Å². The molecule has 2 amide bonds. The van der Waals surface area contributed by atoms with Crippen LogP contribution in [-0.2, 0) is 9.53 Å². The molecule has 0 radical (unpaired) electrons. The molecule has 5 nitrogen and oxygen atoms in total. The number of ether oxygens (including phenoxy) is 1. The summed E-state index contributed by atoms with van der Waals surface area (Å²) in [5, 5.41) is 2.90. The van der Waals surface area contributed by atoms with Gasteiger partial charge in [-0.2, -0.15) is 0 Å². The van der Waals surface area contributed by atoms with Crippen LogP contribution in [0, 0.1) is 0 Å². The summed E-state index contributed by atoms with van der Waals surface area (Å²) in [6.07, 6.45) is 3.95. The lowest BCUT2D eigenvalue weighted by atomic mass is 10.1. The third kappa shape index (κ3) is 4.57. The highest BCUT2D eigenvalue weighted by Gasteiger charge is 2.33. The molecule has 2 aliphatic rings. The van der Waals surface area contributed by atoms with Crippen molar-refractivity contribution in [2.45, 2.75) is 56.6 Å². The molecule has 0 aromatic heterocycles. The Balaban J connectivity index is 1.72. The molecule has 1 N–H and O–H groups in total. The highest BCUT2D eigenvalue weighted by molar-refractivity contribution is 8.03. The molecule has 6 heteroatoms. The first-order valence-corrected chi connectivity index (χ1v) is 9.41. The first kappa shape index (κ1) is 17.9. The second-order valence-corrected chi connectivity index (χ2v) is 8.54. The zero-order valence-electron chi connectivity index (χ0n) is 14.9. The van der Waals surface area contributed by atoms with Crippen LogP contribution in [0.25, 0.3) is 0 Å². The molecule has 134 valence electrons. The lowest BCUT2D eigenvalue weighted by molar-refractivity contribution is -0.111. The monoisotopic (exact) mass is 360 g/mol. The first-order chi connectivity index (χ1) is 11.8. The molecule has 1 aromatic rings. The number of hydrogen-bond donors (Lipinski definition) is 1. The van der Waals surface area contributed by atoms with Crippen molar-refractivity contribution in [1.82, 2.24) is 4.90 Å². The molecular formula is C19H24N2O3S. The Hall–Kier alpha value is -1.95. The molecule has 2 aliphatic heterocycles. The second kappa shape index (κ2) is 7.12. The number of likely N-dealkylation sites (tertiary alicyclic amines) is 1. The molecule has 0 spiro atoms. The van der Waals surface area contributed by atoms with E-state index < -0.39 is 5.60 Å². The van der Waals surface area contributed by atoms with E-state index in [9.17, 15) is 9.59 Å². The van der Waals surface area contributed by atoms with E-state index in [1.54, 1.807) is 22.7 Å². The minimum atomic E-state index is -0.501. The van der Waals surface area contributed by atoms with Crippen LogP contribution in [0.5, 0.6) is 0 Å². The van der Waals surface area contributed by atoms with Crippen LogP contribution < -0.4 is 5.32 Å². The molecule has 1 saturated heterocycles. The molecule has 1 aromatic carbocycles. The Morgan fingerprint density at radius 1 is 1.36 bits per heavy atom. The largest absolute Gasteiger partial charge is 0.444 e. The Morgan fingerprint density at radius 3 is 2.88 bits per heavy atom. The summed E-state index contributed by atoms with van der Waals surface area (Å²) in [4.78, 5) is 28.4. The van der Waals surface area contributed by atoms with Crippen LogP contribution >= 0.6 is 11.8 Å². The van der Waals surface area contributed by atoms with Gasteiger partial charge in [0.15, 0.2) is 0 Å². The number of carbonyl (C=O) groups is 2. The summed E-state index contributed by atoms with van der Waals surface area (Å²) >= 11 is 1.59. The number of nitrogens with zero attached hydrogens (tertiary/aromatic N) is 1.